The van der Waals surface area contributed by atoms with Crippen molar-refractivity contribution in [3.63, 3.8) is 0 Å². The Morgan fingerprint density at radius 2 is 1.31 bits per heavy atom. The van der Waals surface area contributed by atoms with Crippen LogP contribution in [0, 0.1) is 0 Å². The summed E-state index contributed by atoms with van der Waals surface area (Å²) < 4.78 is 27.7. The van der Waals surface area contributed by atoms with Gasteiger partial charge >= 0.3 is 0 Å². The first-order chi connectivity index (χ1) is 17.0. The van der Waals surface area contributed by atoms with Gasteiger partial charge in [-0.2, -0.15) is 4.31 Å². The first kappa shape index (κ1) is 23.0. The van der Waals surface area contributed by atoms with Crippen molar-refractivity contribution in [3.8, 4) is 0 Å². The summed E-state index contributed by atoms with van der Waals surface area (Å²) in [5.74, 6) is -0.588. The van der Waals surface area contributed by atoms with E-state index in [2.05, 4.69) is 5.32 Å². The van der Waals surface area contributed by atoms with Gasteiger partial charge in [-0.15, -0.1) is 0 Å². The van der Waals surface area contributed by atoms with Gasteiger partial charge in [-0.3, -0.25) is 4.79 Å². The third-order valence-corrected chi connectivity index (χ3v) is 8.22. The second-order valence-corrected chi connectivity index (χ2v) is 10.6. The summed E-state index contributed by atoms with van der Waals surface area (Å²) in [6, 6.07) is 33.7. The Hall–Kier alpha value is -3.74. The maximum Gasteiger partial charge on any atom is 0.243 e. The smallest absolute Gasteiger partial charge is 0.243 e. The molecule has 0 aliphatic carbocycles. The van der Waals surface area contributed by atoms with Crippen LogP contribution < -0.4 is 5.32 Å². The van der Waals surface area contributed by atoms with Crippen LogP contribution in [0.4, 0.5) is 5.69 Å². The Bertz CT molecular complexity index is 1380. The highest BCUT2D eigenvalue weighted by molar-refractivity contribution is 7.89. The number of amides is 1. The van der Waals surface area contributed by atoms with E-state index in [0.717, 1.165) is 22.3 Å². The molecule has 0 saturated carbocycles. The summed E-state index contributed by atoms with van der Waals surface area (Å²) in [7, 11) is -3.58. The number of fused-ring (bicyclic) bond motifs is 1. The molecule has 1 aliphatic rings. The lowest BCUT2D eigenvalue weighted by molar-refractivity contribution is -0.116. The maximum absolute atomic E-state index is 13.5. The molecule has 1 aliphatic heterocycles. The Labute approximate surface area is 206 Å². The van der Waals surface area contributed by atoms with Gasteiger partial charge in [0.15, 0.2) is 0 Å². The first-order valence-corrected chi connectivity index (χ1v) is 13.0. The molecule has 0 radical (unpaired) electrons. The summed E-state index contributed by atoms with van der Waals surface area (Å²) in [4.78, 5) is 13.8. The SMILES string of the molecule is O=C(Nc1ccc2c(c1)CN(S(=O)(=O)c1ccccc1)CC2)C(c1ccccc1)c1ccccc1. The van der Waals surface area contributed by atoms with Gasteiger partial charge < -0.3 is 5.32 Å². The molecular weight excluding hydrogens is 456 g/mol. The van der Waals surface area contributed by atoms with Gasteiger partial charge in [-0.05, 0) is 52.9 Å². The molecule has 5 nitrogen and oxygen atoms in total. The molecular formula is C29H26N2O3S. The molecule has 1 heterocycles. The quantitative estimate of drug-likeness (QED) is 0.411. The number of sulfonamides is 1. The average molecular weight is 483 g/mol. The zero-order valence-corrected chi connectivity index (χ0v) is 20.0. The normalized spacial score (nSPS) is 13.9. The van der Waals surface area contributed by atoms with Crippen molar-refractivity contribution in [2.75, 3.05) is 11.9 Å². The van der Waals surface area contributed by atoms with E-state index in [1.54, 1.807) is 30.3 Å². The number of hydrogen-bond acceptors (Lipinski definition) is 3. The molecule has 4 aromatic rings. The number of carbonyl (C=O) groups is 1. The van der Waals surface area contributed by atoms with E-state index in [4.69, 9.17) is 0 Å². The van der Waals surface area contributed by atoms with E-state index < -0.39 is 15.9 Å². The first-order valence-electron chi connectivity index (χ1n) is 11.6. The van der Waals surface area contributed by atoms with Crippen molar-refractivity contribution in [3.05, 3.63) is 131 Å². The highest BCUT2D eigenvalue weighted by atomic mass is 32.2. The molecule has 6 heteroatoms. The van der Waals surface area contributed by atoms with Crippen molar-refractivity contribution in [1.82, 2.24) is 4.31 Å². The highest BCUT2D eigenvalue weighted by Gasteiger charge is 2.29. The van der Waals surface area contributed by atoms with Crippen LogP contribution in [0.15, 0.2) is 114 Å². The summed E-state index contributed by atoms with van der Waals surface area (Å²) in [5.41, 5.74) is 4.49. The molecule has 0 bridgehead atoms. The van der Waals surface area contributed by atoms with E-state index in [0.29, 0.717) is 23.5 Å². The van der Waals surface area contributed by atoms with Crippen LogP contribution >= 0.6 is 0 Å². The molecule has 0 fully saturated rings. The van der Waals surface area contributed by atoms with Gasteiger partial charge in [0.2, 0.25) is 15.9 Å². The molecule has 5 rings (SSSR count). The van der Waals surface area contributed by atoms with Crippen molar-refractivity contribution >= 4 is 21.6 Å². The fourth-order valence-electron chi connectivity index (χ4n) is 4.56. The minimum Gasteiger partial charge on any atom is -0.325 e. The van der Waals surface area contributed by atoms with Gasteiger partial charge in [-0.1, -0.05) is 84.9 Å². The van der Waals surface area contributed by atoms with E-state index in [1.807, 2.05) is 78.9 Å². The minimum atomic E-state index is -3.58. The maximum atomic E-state index is 13.5. The summed E-state index contributed by atoms with van der Waals surface area (Å²) in [6.45, 7) is 0.705. The Morgan fingerprint density at radius 1 is 0.743 bits per heavy atom. The van der Waals surface area contributed by atoms with Crippen LogP contribution in [0.25, 0.3) is 0 Å². The lowest BCUT2D eigenvalue weighted by Gasteiger charge is -2.28. The molecule has 0 atom stereocenters. The standard InChI is InChI=1S/C29H26N2O3S/c32-29(28(23-10-4-1-5-11-23)24-12-6-2-7-13-24)30-26-17-16-22-18-19-31(21-25(22)20-26)35(33,34)27-14-8-3-9-15-27/h1-17,20,28H,18-19,21H2,(H,30,32). The van der Waals surface area contributed by atoms with Crippen LogP contribution in [0.5, 0.6) is 0 Å². The van der Waals surface area contributed by atoms with E-state index in [9.17, 15) is 13.2 Å². The fraction of sp³-hybridized carbons (Fsp3) is 0.138. The number of carbonyl (C=O) groups excluding carboxylic acids is 1. The molecule has 0 spiro atoms. The molecule has 0 unspecified atom stereocenters. The van der Waals surface area contributed by atoms with Crippen molar-refractivity contribution in [2.45, 2.75) is 23.8 Å². The predicted molar refractivity (Wildman–Crippen MR) is 138 cm³/mol. The monoisotopic (exact) mass is 482 g/mol. The lowest BCUT2D eigenvalue weighted by Crippen LogP contribution is -2.36. The van der Waals surface area contributed by atoms with E-state index in [1.165, 1.54) is 4.31 Å². The van der Waals surface area contributed by atoms with Crippen LogP contribution in [0.1, 0.15) is 28.2 Å². The number of nitrogens with zero attached hydrogens (tertiary/aromatic N) is 1. The topological polar surface area (TPSA) is 66.5 Å². The summed E-state index contributed by atoms with van der Waals surface area (Å²) >= 11 is 0. The second-order valence-electron chi connectivity index (χ2n) is 8.63. The second kappa shape index (κ2) is 9.86. The average Bonchev–Trinajstić information content (AvgIpc) is 2.90. The number of rotatable bonds is 6. The van der Waals surface area contributed by atoms with E-state index >= 15 is 0 Å². The summed E-state index contributed by atoms with van der Waals surface area (Å²) in [5, 5.41) is 3.07. The number of benzene rings is 4. The molecule has 1 amide bonds. The van der Waals surface area contributed by atoms with Crippen molar-refractivity contribution in [2.24, 2.45) is 0 Å². The zero-order chi connectivity index (χ0) is 24.3. The Kier molecular flexibility index (Phi) is 6.49. The predicted octanol–water partition coefficient (Wildman–Crippen LogP) is 5.20. The van der Waals surface area contributed by atoms with Crippen LogP contribution in [0.2, 0.25) is 0 Å². The fourth-order valence-corrected chi connectivity index (χ4v) is 6.00. The Balaban J connectivity index is 1.39. The summed E-state index contributed by atoms with van der Waals surface area (Å²) in [6.07, 6.45) is 0.631. The van der Waals surface area contributed by atoms with E-state index in [-0.39, 0.29) is 12.5 Å². The van der Waals surface area contributed by atoms with Gasteiger partial charge in [0, 0.05) is 18.8 Å². The molecule has 35 heavy (non-hydrogen) atoms. The molecule has 4 aromatic carbocycles. The van der Waals surface area contributed by atoms with Crippen molar-refractivity contribution < 1.29 is 13.2 Å². The van der Waals surface area contributed by atoms with Gasteiger partial charge in [0.05, 0.1) is 10.8 Å². The zero-order valence-electron chi connectivity index (χ0n) is 19.2. The largest absolute Gasteiger partial charge is 0.325 e. The third kappa shape index (κ3) is 4.90. The third-order valence-electron chi connectivity index (χ3n) is 6.36. The Morgan fingerprint density at radius 3 is 1.91 bits per heavy atom. The van der Waals surface area contributed by atoms with Crippen molar-refractivity contribution in [1.29, 1.82) is 0 Å². The molecule has 0 aromatic heterocycles. The molecule has 176 valence electrons. The number of hydrogen-bond donors (Lipinski definition) is 1. The minimum absolute atomic E-state index is 0.132. The number of nitrogens with one attached hydrogen (secondary N) is 1. The van der Waals surface area contributed by atoms with Crippen LogP contribution in [-0.4, -0.2) is 25.2 Å². The molecule has 1 N–H and O–H groups in total. The lowest BCUT2D eigenvalue weighted by atomic mass is 9.90. The molecule has 0 saturated heterocycles. The number of anilines is 1. The van der Waals surface area contributed by atoms with Crippen LogP contribution in [-0.2, 0) is 27.8 Å². The highest BCUT2D eigenvalue weighted by Crippen LogP contribution is 2.29. The van der Waals surface area contributed by atoms with Crippen LogP contribution in [0.3, 0.4) is 0 Å². The van der Waals surface area contributed by atoms with Gasteiger partial charge in [0.25, 0.3) is 0 Å². The van der Waals surface area contributed by atoms with Gasteiger partial charge in [0.1, 0.15) is 0 Å². The van der Waals surface area contributed by atoms with Gasteiger partial charge in [-0.25, -0.2) is 8.42 Å².